The Bertz CT molecular complexity index is 1060. The van der Waals surface area contributed by atoms with E-state index in [1.807, 2.05) is 51.1 Å². The maximum atomic E-state index is 12.9. The van der Waals surface area contributed by atoms with Gasteiger partial charge in [0.15, 0.2) is 23.0 Å². The summed E-state index contributed by atoms with van der Waals surface area (Å²) in [5, 5.41) is 18.9. The van der Waals surface area contributed by atoms with Crippen molar-refractivity contribution in [2.45, 2.75) is 39.7 Å². The molecule has 1 saturated heterocycles. The topological polar surface area (TPSA) is 107 Å². The third-order valence-electron chi connectivity index (χ3n) is 5.67. The van der Waals surface area contributed by atoms with Crippen LogP contribution in [0.2, 0.25) is 0 Å². The molecule has 1 atom stereocenters. The van der Waals surface area contributed by atoms with Crippen LogP contribution in [-0.2, 0) is 4.79 Å². The zero-order chi connectivity index (χ0) is 22.5. The number of rotatable bonds is 8. The van der Waals surface area contributed by atoms with Crippen molar-refractivity contribution in [3.8, 4) is 11.5 Å². The van der Waals surface area contributed by atoms with Crippen LogP contribution in [0.15, 0.2) is 30.3 Å². The number of anilines is 1. The highest BCUT2D eigenvalue weighted by Crippen LogP contribution is 2.31. The van der Waals surface area contributed by atoms with Gasteiger partial charge in [0.1, 0.15) is 0 Å². The van der Waals surface area contributed by atoms with Crippen LogP contribution in [-0.4, -0.2) is 57.5 Å². The third-order valence-corrected chi connectivity index (χ3v) is 5.67. The van der Waals surface area contributed by atoms with Crippen LogP contribution in [0.5, 0.6) is 11.5 Å². The first-order valence-corrected chi connectivity index (χ1v) is 11.1. The standard InChI is InChI=1S/C22H29N7O3/c1-4-31-18-7-6-17(14-19(18)32-5-2)15(3)23-22(30)16-10-12-28(13-11-16)21-9-8-20-24-26-27-29(20)25-21/h6-9,14-16H,4-5,10-13H2,1-3H3,(H,23,30). The van der Waals surface area contributed by atoms with Crippen LogP contribution < -0.4 is 19.7 Å². The lowest BCUT2D eigenvalue weighted by atomic mass is 9.95. The molecule has 10 heteroatoms. The SMILES string of the molecule is CCOc1ccc(C(C)NC(=O)C2CCN(c3ccc4nnnn4n3)CC2)cc1OCC. The van der Waals surface area contributed by atoms with Gasteiger partial charge in [0, 0.05) is 19.0 Å². The first-order valence-electron chi connectivity index (χ1n) is 11.1. The van der Waals surface area contributed by atoms with E-state index in [0.29, 0.717) is 24.6 Å². The molecule has 32 heavy (non-hydrogen) atoms. The second-order valence-electron chi connectivity index (χ2n) is 7.78. The molecule has 1 aliphatic rings. The number of aromatic nitrogens is 5. The second kappa shape index (κ2) is 9.80. The molecule has 4 rings (SSSR count). The Labute approximate surface area is 186 Å². The van der Waals surface area contributed by atoms with Crippen molar-refractivity contribution in [2.24, 2.45) is 5.92 Å². The van der Waals surface area contributed by atoms with Crippen molar-refractivity contribution in [3.63, 3.8) is 0 Å². The number of nitrogens with one attached hydrogen (secondary N) is 1. The second-order valence-corrected chi connectivity index (χ2v) is 7.78. The minimum Gasteiger partial charge on any atom is -0.490 e. The average molecular weight is 440 g/mol. The van der Waals surface area contributed by atoms with E-state index in [-0.39, 0.29) is 17.9 Å². The first kappa shape index (κ1) is 21.8. The zero-order valence-electron chi connectivity index (χ0n) is 18.7. The number of tetrazole rings is 1. The molecule has 10 nitrogen and oxygen atoms in total. The van der Waals surface area contributed by atoms with Crippen molar-refractivity contribution in [3.05, 3.63) is 35.9 Å². The molecular weight excluding hydrogens is 410 g/mol. The van der Waals surface area contributed by atoms with Crippen LogP contribution >= 0.6 is 0 Å². The van der Waals surface area contributed by atoms with Gasteiger partial charge in [-0.15, -0.1) is 14.8 Å². The Morgan fingerprint density at radius 3 is 2.62 bits per heavy atom. The van der Waals surface area contributed by atoms with E-state index in [0.717, 1.165) is 43.1 Å². The number of hydrogen-bond acceptors (Lipinski definition) is 8. The monoisotopic (exact) mass is 439 g/mol. The summed E-state index contributed by atoms with van der Waals surface area (Å²) < 4.78 is 12.8. The summed E-state index contributed by atoms with van der Waals surface area (Å²) in [4.78, 5) is 15.1. The number of carbonyl (C=O) groups excluding carboxylic acids is 1. The van der Waals surface area contributed by atoms with Crippen LogP contribution in [0.3, 0.4) is 0 Å². The fourth-order valence-corrected chi connectivity index (χ4v) is 3.93. The summed E-state index contributed by atoms with van der Waals surface area (Å²) in [5.74, 6) is 2.29. The molecule has 0 saturated carbocycles. The Kier molecular flexibility index (Phi) is 6.67. The summed E-state index contributed by atoms with van der Waals surface area (Å²) in [7, 11) is 0. The highest BCUT2D eigenvalue weighted by atomic mass is 16.5. The Morgan fingerprint density at radius 2 is 1.88 bits per heavy atom. The predicted molar refractivity (Wildman–Crippen MR) is 119 cm³/mol. The molecule has 0 bridgehead atoms. The maximum absolute atomic E-state index is 12.9. The van der Waals surface area contributed by atoms with Gasteiger partial charge in [-0.2, -0.15) is 0 Å². The van der Waals surface area contributed by atoms with Gasteiger partial charge in [-0.3, -0.25) is 4.79 Å². The molecule has 0 spiro atoms. The number of nitrogens with zero attached hydrogens (tertiary/aromatic N) is 6. The van der Waals surface area contributed by atoms with E-state index in [4.69, 9.17) is 9.47 Å². The van der Waals surface area contributed by atoms with Crippen LogP contribution in [0.4, 0.5) is 5.82 Å². The van der Waals surface area contributed by atoms with Gasteiger partial charge in [-0.1, -0.05) is 6.07 Å². The molecule has 1 N–H and O–H groups in total. The van der Waals surface area contributed by atoms with Gasteiger partial charge < -0.3 is 19.7 Å². The van der Waals surface area contributed by atoms with Gasteiger partial charge in [0.05, 0.1) is 19.3 Å². The molecule has 0 aliphatic carbocycles. The molecule has 3 heterocycles. The van der Waals surface area contributed by atoms with Crippen molar-refractivity contribution >= 4 is 17.4 Å². The van der Waals surface area contributed by atoms with Crippen molar-refractivity contribution in [2.75, 3.05) is 31.2 Å². The lowest BCUT2D eigenvalue weighted by molar-refractivity contribution is -0.126. The summed E-state index contributed by atoms with van der Waals surface area (Å²) in [5.41, 5.74) is 1.60. The minimum absolute atomic E-state index is 0.0282. The van der Waals surface area contributed by atoms with Crippen LogP contribution in [0.1, 0.15) is 45.2 Å². The number of carbonyl (C=O) groups is 1. The highest BCUT2D eigenvalue weighted by molar-refractivity contribution is 5.79. The van der Waals surface area contributed by atoms with Gasteiger partial charge in [0.25, 0.3) is 0 Å². The number of piperidine rings is 1. The van der Waals surface area contributed by atoms with Crippen molar-refractivity contribution in [1.29, 1.82) is 0 Å². The zero-order valence-corrected chi connectivity index (χ0v) is 18.7. The molecule has 1 fully saturated rings. The van der Waals surface area contributed by atoms with Crippen molar-refractivity contribution < 1.29 is 14.3 Å². The smallest absolute Gasteiger partial charge is 0.223 e. The lowest BCUT2D eigenvalue weighted by Crippen LogP contribution is -2.41. The molecule has 1 amide bonds. The Balaban J connectivity index is 1.34. The number of hydrogen-bond donors (Lipinski definition) is 1. The fraction of sp³-hybridized carbons (Fsp3) is 0.500. The molecule has 170 valence electrons. The largest absolute Gasteiger partial charge is 0.490 e. The van der Waals surface area contributed by atoms with Crippen LogP contribution in [0.25, 0.3) is 5.65 Å². The average Bonchev–Trinajstić information content (AvgIpc) is 3.28. The maximum Gasteiger partial charge on any atom is 0.223 e. The normalized spacial score (nSPS) is 15.5. The minimum atomic E-state index is -0.126. The molecular formula is C22H29N7O3. The van der Waals surface area contributed by atoms with E-state index in [9.17, 15) is 4.79 Å². The highest BCUT2D eigenvalue weighted by Gasteiger charge is 2.27. The molecule has 1 aromatic carbocycles. The van der Waals surface area contributed by atoms with Crippen LogP contribution in [0, 0.1) is 5.92 Å². The molecule has 0 radical (unpaired) electrons. The van der Waals surface area contributed by atoms with E-state index >= 15 is 0 Å². The fourth-order valence-electron chi connectivity index (χ4n) is 3.93. The van der Waals surface area contributed by atoms with Gasteiger partial charge in [-0.25, -0.2) is 0 Å². The van der Waals surface area contributed by atoms with Gasteiger partial charge >= 0.3 is 0 Å². The van der Waals surface area contributed by atoms with E-state index in [2.05, 4.69) is 30.8 Å². The summed E-state index contributed by atoms with van der Waals surface area (Å²) in [6.07, 6.45) is 1.53. The Morgan fingerprint density at radius 1 is 1.12 bits per heavy atom. The van der Waals surface area contributed by atoms with Gasteiger partial charge in [0.2, 0.25) is 5.91 Å². The molecule has 1 aliphatic heterocycles. The van der Waals surface area contributed by atoms with Crippen molar-refractivity contribution in [1.82, 2.24) is 30.6 Å². The quantitative estimate of drug-likeness (QED) is 0.570. The summed E-state index contributed by atoms with van der Waals surface area (Å²) in [6.45, 7) is 8.51. The number of fused-ring (bicyclic) bond motifs is 1. The predicted octanol–water partition coefficient (Wildman–Crippen LogP) is 2.41. The number of benzene rings is 1. The third kappa shape index (κ3) is 4.74. The molecule has 2 aromatic heterocycles. The lowest BCUT2D eigenvalue weighted by Gasteiger charge is -2.32. The summed E-state index contributed by atoms with van der Waals surface area (Å²) in [6, 6.07) is 9.45. The Hall–Kier alpha value is -3.43. The molecule has 1 unspecified atom stereocenters. The van der Waals surface area contributed by atoms with Gasteiger partial charge in [-0.05, 0) is 73.9 Å². The summed E-state index contributed by atoms with van der Waals surface area (Å²) >= 11 is 0. The van der Waals surface area contributed by atoms with E-state index in [1.54, 1.807) is 0 Å². The number of amides is 1. The molecule has 3 aromatic rings. The number of ether oxygens (including phenoxy) is 2. The van der Waals surface area contributed by atoms with E-state index in [1.165, 1.54) is 4.63 Å². The first-order chi connectivity index (χ1) is 15.6. The van der Waals surface area contributed by atoms with E-state index < -0.39 is 0 Å².